The number of aromatic hydroxyl groups is 1. The van der Waals surface area contributed by atoms with Crippen LogP contribution in [0.2, 0.25) is 0 Å². The third-order valence-corrected chi connectivity index (χ3v) is 4.39. The Labute approximate surface area is 172 Å². The van der Waals surface area contributed by atoms with Crippen molar-refractivity contribution in [2.45, 2.75) is 12.5 Å². The van der Waals surface area contributed by atoms with E-state index in [0.29, 0.717) is 16.1 Å². The third kappa shape index (κ3) is 4.99. The number of phenolic OH excluding ortho intramolecular Hbond substituents is 1. The number of para-hydroxylation sites is 1. The first-order valence-electron chi connectivity index (χ1n) is 9.13. The molecule has 2 N–H and O–H groups in total. The molecule has 0 fully saturated rings. The fourth-order valence-electron chi connectivity index (χ4n) is 2.92. The highest BCUT2D eigenvalue weighted by molar-refractivity contribution is 6.01. The Morgan fingerprint density at radius 1 is 0.933 bits per heavy atom. The predicted octanol–water partition coefficient (Wildman–Crippen LogP) is 2.96. The largest absolute Gasteiger partial charge is 0.508 e. The zero-order valence-electron chi connectivity index (χ0n) is 15.8. The van der Waals surface area contributed by atoms with Gasteiger partial charge in [-0.15, -0.1) is 0 Å². The van der Waals surface area contributed by atoms with E-state index in [4.69, 9.17) is 0 Å². The predicted molar refractivity (Wildman–Crippen MR) is 110 cm³/mol. The lowest BCUT2D eigenvalue weighted by Crippen LogP contribution is -2.51. The summed E-state index contributed by atoms with van der Waals surface area (Å²) >= 11 is 0. The monoisotopic (exact) mass is 405 g/mol. The number of hydrazine groups is 1. The topological polar surface area (TPSA) is 113 Å². The number of benzene rings is 3. The molecule has 30 heavy (non-hydrogen) atoms. The Hall–Kier alpha value is -4.20. The molecule has 8 nitrogen and oxygen atoms in total. The number of amides is 2. The highest BCUT2D eigenvalue weighted by Gasteiger charge is 2.34. The summed E-state index contributed by atoms with van der Waals surface area (Å²) in [6.07, 6.45) is 0.00879. The Morgan fingerprint density at radius 2 is 1.50 bits per heavy atom. The van der Waals surface area contributed by atoms with Crippen molar-refractivity contribution in [3.05, 3.63) is 106 Å². The van der Waals surface area contributed by atoms with Crippen molar-refractivity contribution in [2.75, 3.05) is 5.01 Å². The van der Waals surface area contributed by atoms with Gasteiger partial charge in [0.25, 0.3) is 5.91 Å². The van der Waals surface area contributed by atoms with Crippen molar-refractivity contribution in [2.24, 2.45) is 0 Å². The molecule has 0 aliphatic heterocycles. The van der Waals surface area contributed by atoms with Gasteiger partial charge < -0.3 is 10.4 Å². The lowest BCUT2D eigenvalue weighted by atomic mass is 10.0. The number of hydrogen-bond acceptors (Lipinski definition) is 5. The summed E-state index contributed by atoms with van der Waals surface area (Å²) in [7, 11) is 0. The molecule has 0 saturated carbocycles. The molecule has 0 aromatic heterocycles. The quantitative estimate of drug-likeness (QED) is 0.464. The van der Waals surface area contributed by atoms with Gasteiger partial charge in [-0.1, -0.05) is 48.5 Å². The number of nitrogens with zero attached hydrogens (tertiary/aromatic N) is 2. The molecule has 0 aliphatic rings. The molecule has 0 heterocycles. The second-order valence-electron chi connectivity index (χ2n) is 6.49. The van der Waals surface area contributed by atoms with Gasteiger partial charge >= 0.3 is 5.91 Å². The van der Waals surface area contributed by atoms with Gasteiger partial charge in [-0.25, -0.2) is 10.1 Å². The Balaban J connectivity index is 1.92. The summed E-state index contributed by atoms with van der Waals surface area (Å²) in [5.74, 6) is -1.36. The molecule has 0 unspecified atom stereocenters. The maximum Gasteiger partial charge on any atom is 0.311 e. The summed E-state index contributed by atoms with van der Waals surface area (Å²) in [5, 5.41) is 23.4. The fraction of sp³-hybridized carbons (Fsp3) is 0.0909. The van der Waals surface area contributed by atoms with Gasteiger partial charge in [-0.3, -0.25) is 9.59 Å². The van der Waals surface area contributed by atoms with E-state index in [1.165, 1.54) is 24.3 Å². The second-order valence-corrected chi connectivity index (χ2v) is 6.49. The summed E-state index contributed by atoms with van der Waals surface area (Å²) < 4.78 is 0. The second kappa shape index (κ2) is 9.33. The molecular formula is C22H19N3O5. The van der Waals surface area contributed by atoms with Crippen LogP contribution in [0, 0.1) is 10.1 Å². The normalized spacial score (nSPS) is 11.3. The molecule has 3 aromatic rings. The standard InChI is InChI=1S/C22H19N3O5/c26-19-13-11-16(12-14-19)15-20(23-21(27)17-7-3-1-4-8-17)22(28)24(25(29)30)18-9-5-2-6-10-18/h1-14,20,26H,15H2,(H,23,27)/t20-/m0/s1. The van der Waals surface area contributed by atoms with Crippen molar-refractivity contribution >= 4 is 17.5 Å². The zero-order chi connectivity index (χ0) is 21.5. The van der Waals surface area contributed by atoms with E-state index in [1.54, 1.807) is 60.7 Å². The average molecular weight is 405 g/mol. The number of carbonyl (C=O) groups is 2. The van der Waals surface area contributed by atoms with E-state index >= 15 is 0 Å². The Bertz CT molecular complexity index is 1020. The van der Waals surface area contributed by atoms with Gasteiger partial charge in [0.2, 0.25) is 0 Å². The SMILES string of the molecule is O=C(N[C@@H](Cc1ccc(O)cc1)C(=O)N(c1ccccc1)[N+](=O)[O-])c1ccccc1. The lowest BCUT2D eigenvalue weighted by Gasteiger charge is -2.21. The molecular weight excluding hydrogens is 386 g/mol. The highest BCUT2D eigenvalue weighted by Crippen LogP contribution is 2.18. The summed E-state index contributed by atoms with van der Waals surface area (Å²) in [4.78, 5) is 37.4. The summed E-state index contributed by atoms with van der Waals surface area (Å²) in [5.41, 5.74) is 1.03. The van der Waals surface area contributed by atoms with Crippen LogP contribution < -0.4 is 10.3 Å². The number of carbonyl (C=O) groups excluding carboxylic acids is 2. The first-order chi connectivity index (χ1) is 14.5. The fourth-order valence-corrected chi connectivity index (χ4v) is 2.92. The molecule has 0 spiro atoms. The molecule has 3 aromatic carbocycles. The first-order valence-corrected chi connectivity index (χ1v) is 9.13. The van der Waals surface area contributed by atoms with Crippen molar-refractivity contribution in [1.82, 2.24) is 5.32 Å². The molecule has 0 saturated heterocycles. The highest BCUT2D eigenvalue weighted by atomic mass is 16.7. The van der Waals surface area contributed by atoms with Gasteiger partial charge in [-0.05, 0) is 47.0 Å². The minimum absolute atomic E-state index is 0.00879. The molecule has 2 amide bonds. The van der Waals surface area contributed by atoms with E-state index in [-0.39, 0.29) is 17.9 Å². The number of anilines is 1. The minimum atomic E-state index is -1.20. The van der Waals surface area contributed by atoms with E-state index < -0.39 is 22.9 Å². The lowest BCUT2D eigenvalue weighted by molar-refractivity contribution is -0.484. The summed E-state index contributed by atoms with van der Waals surface area (Å²) in [6, 6.07) is 20.9. The van der Waals surface area contributed by atoms with Crippen LogP contribution in [0.25, 0.3) is 0 Å². The van der Waals surface area contributed by atoms with Gasteiger partial charge in [-0.2, -0.15) is 0 Å². The van der Waals surface area contributed by atoms with E-state index in [0.717, 1.165) is 0 Å². The van der Waals surface area contributed by atoms with E-state index in [2.05, 4.69) is 5.32 Å². The van der Waals surface area contributed by atoms with Gasteiger partial charge in [0.05, 0.1) is 0 Å². The Morgan fingerprint density at radius 3 is 2.07 bits per heavy atom. The molecule has 152 valence electrons. The zero-order valence-corrected chi connectivity index (χ0v) is 15.8. The molecule has 1 atom stereocenters. The average Bonchev–Trinajstić information content (AvgIpc) is 2.76. The molecule has 0 bridgehead atoms. The van der Waals surface area contributed by atoms with Crippen LogP contribution in [0.4, 0.5) is 5.69 Å². The van der Waals surface area contributed by atoms with Gasteiger partial charge in [0, 0.05) is 12.0 Å². The van der Waals surface area contributed by atoms with E-state index in [1.807, 2.05) is 0 Å². The van der Waals surface area contributed by atoms with Crippen LogP contribution in [-0.4, -0.2) is 28.0 Å². The van der Waals surface area contributed by atoms with Crippen LogP contribution in [0.3, 0.4) is 0 Å². The minimum Gasteiger partial charge on any atom is -0.508 e. The van der Waals surface area contributed by atoms with Crippen LogP contribution >= 0.6 is 0 Å². The number of phenols is 1. The van der Waals surface area contributed by atoms with Crippen molar-refractivity contribution < 1.29 is 19.7 Å². The maximum absolute atomic E-state index is 13.1. The number of nitrogens with one attached hydrogen (secondary N) is 1. The van der Waals surface area contributed by atoms with Crippen molar-refractivity contribution in [3.63, 3.8) is 0 Å². The maximum atomic E-state index is 13.1. The Kier molecular flexibility index (Phi) is 6.39. The van der Waals surface area contributed by atoms with Crippen LogP contribution in [-0.2, 0) is 11.2 Å². The van der Waals surface area contributed by atoms with Gasteiger partial charge in [0.15, 0.2) is 5.03 Å². The molecule has 0 aliphatic carbocycles. The number of nitro groups is 1. The smallest absolute Gasteiger partial charge is 0.311 e. The van der Waals surface area contributed by atoms with Crippen LogP contribution in [0.15, 0.2) is 84.9 Å². The first kappa shape index (κ1) is 20.5. The summed E-state index contributed by atoms with van der Waals surface area (Å²) in [6.45, 7) is 0. The molecule has 0 radical (unpaired) electrons. The van der Waals surface area contributed by atoms with Crippen molar-refractivity contribution in [3.8, 4) is 5.75 Å². The number of hydrogen-bond donors (Lipinski definition) is 2. The van der Waals surface area contributed by atoms with Crippen LogP contribution in [0.1, 0.15) is 15.9 Å². The molecule has 3 rings (SSSR count). The van der Waals surface area contributed by atoms with Gasteiger partial charge in [0.1, 0.15) is 17.5 Å². The number of rotatable bonds is 7. The van der Waals surface area contributed by atoms with Crippen LogP contribution in [0.5, 0.6) is 5.75 Å². The van der Waals surface area contributed by atoms with Crippen molar-refractivity contribution in [1.29, 1.82) is 0 Å². The van der Waals surface area contributed by atoms with E-state index in [9.17, 15) is 24.8 Å². The third-order valence-electron chi connectivity index (χ3n) is 4.39. The molecule has 8 heteroatoms.